The molecule has 2 aromatic rings. The minimum Gasteiger partial charge on any atom is -0.207 e. The summed E-state index contributed by atoms with van der Waals surface area (Å²) < 4.78 is 56.4. The Morgan fingerprint density at radius 1 is 0.893 bits per heavy atom. The Balaban J connectivity index is 1.61. The second kappa shape index (κ2) is 9.58. The smallest absolute Gasteiger partial charge is 0.162 e. The largest absolute Gasteiger partial charge is 0.207 e. The topological polar surface area (TPSA) is 0 Å². The molecule has 0 radical (unpaired) electrons. The van der Waals surface area contributed by atoms with Gasteiger partial charge in [-0.15, -0.1) is 0 Å². The van der Waals surface area contributed by atoms with Gasteiger partial charge in [-0.1, -0.05) is 32.3 Å². The number of fused-ring (bicyclic) bond motifs is 1. The Hall–Kier alpha value is -1.84. The van der Waals surface area contributed by atoms with E-state index in [4.69, 9.17) is 0 Å². The SMILES string of the molecule is CCCCCCc1cc(F)c(CCC2CCc3ccc(F)c(F)c3C2)c(F)c1. The van der Waals surface area contributed by atoms with E-state index in [2.05, 4.69) is 6.92 Å². The average molecular weight is 392 g/mol. The van der Waals surface area contributed by atoms with Crippen molar-refractivity contribution in [3.8, 4) is 0 Å². The van der Waals surface area contributed by atoms with Crippen LogP contribution in [0, 0.1) is 29.2 Å². The first-order chi connectivity index (χ1) is 13.5. The van der Waals surface area contributed by atoms with Crippen LogP contribution in [-0.4, -0.2) is 0 Å². The van der Waals surface area contributed by atoms with Crippen molar-refractivity contribution in [3.63, 3.8) is 0 Å². The lowest BCUT2D eigenvalue weighted by molar-refractivity contribution is 0.399. The van der Waals surface area contributed by atoms with Crippen molar-refractivity contribution in [2.75, 3.05) is 0 Å². The van der Waals surface area contributed by atoms with Crippen LogP contribution in [0.5, 0.6) is 0 Å². The molecule has 0 nitrogen and oxygen atoms in total. The van der Waals surface area contributed by atoms with Gasteiger partial charge in [0.15, 0.2) is 11.6 Å². The molecule has 0 aliphatic heterocycles. The van der Waals surface area contributed by atoms with Crippen LogP contribution >= 0.6 is 0 Å². The molecule has 0 saturated heterocycles. The van der Waals surface area contributed by atoms with Gasteiger partial charge in [-0.2, -0.15) is 0 Å². The van der Waals surface area contributed by atoms with Crippen LogP contribution in [0.4, 0.5) is 17.6 Å². The summed E-state index contributed by atoms with van der Waals surface area (Å²) in [4.78, 5) is 0. The van der Waals surface area contributed by atoms with Gasteiger partial charge in [-0.3, -0.25) is 0 Å². The minimum absolute atomic E-state index is 0.108. The van der Waals surface area contributed by atoms with Crippen molar-refractivity contribution in [3.05, 3.63) is 69.8 Å². The molecule has 1 unspecified atom stereocenters. The van der Waals surface area contributed by atoms with E-state index in [1.807, 2.05) is 0 Å². The van der Waals surface area contributed by atoms with Gasteiger partial charge in [0.1, 0.15) is 11.6 Å². The van der Waals surface area contributed by atoms with Crippen molar-refractivity contribution in [1.29, 1.82) is 0 Å². The zero-order chi connectivity index (χ0) is 20.1. The summed E-state index contributed by atoms with van der Waals surface area (Å²) in [5.41, 5.74) is 2.10. The van der Waals surface area contributed by atoms with Gasteiger partial charge in [0.05, 0.1) is 0 Å². The molecule has 0 spiro atoms. The van der Waals surface area contributed by atoms with Gasteiger partial charge in [-0.05, 0) is 85.8 Å². The predicted octanol–water partition coefficient (Wildman–Crippen LogP) is 7.10. The number of rotatable bonds is 8. The second-order valence-electron chi connectivity index (χ2n) is 8.00. The van der Waals surface area contributed by atoms with Crippen molar-refractivity contribution < 1.29 is 17.6 Å². The number of benzene rings is 2. The third-order valence-electron chi connectivity index (χ3n) is 5.93. The molecule has 0 amide bonds. The van der Waals surface area contributed by atoms with Crippen molar-refractivity contribution >= 4 is 0 Å². The average Bonchev–Trinajstić information content (AvgIpc) is 2.68. The number of hydrogen-bond donors (Lipinski definition) is 0. The Labute approximate surface area is 165 Å². The zero-order valence-electron chi connectivity index (χ0n) is 16.5. The fourth-order valence-corrected chi connectivity index (χ4v) is 4.23. The van der Waals surface area contributed by atoms with Crippen molar-refractivity contribution in [2.24, 2.45) is 5.92 Å². The Kier molecular flexibility index (Phi) is 7.14. The van der Waals surface area contributed by atoms with Crippen molar-refractivity contribution in [1.82, 2.24) is 0 Å². The normalized spacial score (nSPS) is 16.2. The van der Waals surface area contributed by atoms with Gasteiger partial charge >= 0.3 is 0 Å². The molecule has 0 heterocycles. The van der Waals surface area contributed by atoms with E-state index in [9.17, 15) is 17.6 Å². The van der Waals surface area contributed by atoms with Crippen LogP contribution < -0.4 is 0 Å². The quantitative estimate of drug-likeness (QED) is 0.332. The first-order valence-corrected chi connectivity index (χ1v) is 10.4. The van der Waals surface area contributed by atoms with E-state index >= 15 is 0 Å². The lowest BCUT2D eigenvalue weighted by atomic mass is 9.80. The third-order valence-corrected chi connectivity index (χ3v) is 5.93. The minimum atomic E-state index is -0.828. The maximum absolute atomic E-state index is 14.4. The number of halogens is 4. The van der Waals surface area contributed by atoms with Crippen LogP contribution in [0.15, 0.2) is 24.3 Å². The molecule has 0 bridgehead atoms. The standard InChI is InChI=1S/C24H28F4/c1-2-3-4-5-6-17-14-22(26)19(23(27)15-17)11-8-16-7-9-18-10-12-21(25)24(28)20(18)13-16/h10,12,14-16H,2-9,11,13H2,1H3. The van der Waals surface area contributed by atoms with Crippen LogP contribution in [0.25, 0.3) is 0 Å². The highest BCUT2D eigenvalue weighted by Gasteiger charge is 2.24. The maximum Gasteiger partial charge on any atom is 0.162 e. The Morgan fingerprint density at radius 3 is 2.36 bits per heavy atom. The predicted molar refractivity (Wildman–Crippen MR) is 104 cm³/mol. The molecule has 28 heavy (non-hydrogen) atoms. The summed E-state index contributed by atoms with van der Waals surface area (Å²) in [7, 11) is 0. The summed E-state index contributed by atoms with van der Waals surface area (Å²) in [6.07, 6.45) is 7.76. The van der Waals surface area contributed by atoms with Gasteiger partial charge in [0.2, 0.25) is 0 Å². The number of unbranched alkanes of at least 4 members (excludes halogenated alkanes) is 3. The third kappa shape index (κ3) is 4.95. The molecular formula is C24H28F4. The fraction of sp³-hybridized carbons (Fsp3) is 0.500. The molecule has 1 aliphatic rings. The molecule has 0 N–H and O–H groups in total. The summed E-state index contributed by atoms with van der Waals surface area (Å²) in [6.45, 7) is 2.13. The first kappa shape index (κ1) is 20.9. The molecule has 0 aromatic heterocycles. The second-order valence-corrected chi connectivity index (χ2v) is 8.00. The summed E-state index contributed by atoms with van der Waals surface area (Å²) >= 11 is 0. The highest BCUT2D eigenvalue weighted by atomic mass is 19.2. The summed E-state index contributed by atoms with van der Waals surface area (Å²) in [6, 6.07) is 5.72. The van der Waals surface area contributed by atoms with E-state index in [1.165, 1.54) is 18.2 Å². The van der Waals surface area contributed by atoms with E-state index < -0.39 is 23.3 Å². The molecule has 0 saturated carbocycles. The van der Waals surface area contributed by atoms with Crippen LogP contribution in [0.2, 0.25) is 0 Å². The Bertz CT molecular complexity index is 789. The number of hydrogen-bond acceptors (Lipinski definition) is 0. The van der Waals surface area contributed by atoms with Gasteiger partial charge in [-0.25, -0.2) is 17.6 Å². The molecule has 152 valence electrons. The number of aryl methyl sites for hydroxylation is 2. The molecule has 0 fully saturated rings. The highest BCUT2D eigenvalue weighted by molar-refractivity contribution is 5.32. The molecule has 2 aromatic carbocycles. The molecule has 1 atom stereocenters. The van der Waals surface area contributed by atoms with Gasteiger partial charge in [0.25, 0.3) is 0 Å². The van der Waals surface area contributed by atoms with Crippen LogP contribution in [0.3, 0.4) is 0 Å². The van der Waals surface area contributed by atoms with Gasteiger partial charge < -0.3 is 0 Å². The van der Waals surface area contributed by atoms with E-state index in [-0.39, 0.29) is 17.9 Å². The zero-order valence-corrected chi connectivity index (χ0v) is 16.5. The summed E-state index contributed by atoms with van der Waals surface area (Å²) in [5.74, 6) is -2.47. The van der Waals surface area contributed by atoms with Crippen LogP contribution in [0.1, 0.15) is 67.7 Å². The first-order valence-electron chi connectivity index (χ1n) is 10.4. The summed E-state index contributed by atoms with van der Waals surface area (Å²) in [5, 5.41) is 0. The maximum atomic E-state index is 14.4. The van der Waals surface area contributed by atoms with E-state index in [1.54, 1.807) is 6.07 Å². The van der Waals surface area contributed by atoms with Crippen LogP contribution in [-0.2, 0) is 25.7 Å². The lowest BCUT2D eigenvalue weighted by Gasteiger charge is -2.25. The van der Waals surface area contributed by atoms with E-state index in [0.29, 0.717) is 36.8 Å². The Morgan fingerprint density at radius 2 is 1.64 bits per heavy atom. The van der Waals surface area contributed by atoms with E-state index in [0.717, 1.165) is 37.7 Å². The van der Waals surface area contributed by atoms with Crippen molar-refractivity contribution in [2.45, 2.75) is 71.1 Å². The lowest BCUT2D eigenvalue weighted by Crippen LogP contribution is -2.17. The monoisotopic (exact) mass is 392 g/mol. The molecule has 4 heteroatoms. The molecular weight excluding hydrogens is 364 g/mol. The molecule has 1 aliphatic carbocycles. The fourth-order valence-electron chi connectivity index (χ4n) is 4.23. The van der Waals surface area contributed by atoms with Gasteiger partial charge in [0, 0.05) is 5.56 Å². The highest BCUT2D eigenvalue weighted by Crippen LogP contribution is 2.32. The molecule has 3 rings (SSSR count).